The zero-order chi connectivity index (χ0) is 17.3. The second-order valence-electron chi connectivity index (χ2n) is 5.47. The molecule has 24 heavy (non-hydrogen) atoms. The Morgan fingerprint density at radius 2 is 2.00 bits per heavy atom. The Kier molecular flexibility index (Phi) is 4.10. The molecule has 3 aromatic rings. The van der Waals surface area contributed by atoms with E-state index in [1.807, 2.05) is 37.3 Å². The van der Waals surface area contributed by atoms with Crippen molar-refractivity contribution in [1.29, 1.82) is 4.78 Å². The van der Waals surface area contributed by atoms with Crippen LogP contribution < -0.4 is 11.4 Å². The Morgan fingerprint density at radius 3 is 2.67 bits per heavy atom. The van der Waals surface area contributed by atoms with Crippen LogP contribution in [0.5, 0.6) is 0 Å². The highest BCUT2D eigenvalue weighted by Crippen LogP contribution is 2.18. The van der Waals surface area contributed by atoms with E-state index in [4.69, 9.17) is 10.5 Å². The number of aromatic amines is 1. The first-order valence-electron chi connectivity index (χ1n) is 7.49. The second-order valence-corrected chi connectivity index (χ2v) is 7.60. The number of nitrogen functional groups attached to an aromatic ring is 1. The van der Waals surface area contributed by atoms with Gasteiger partial charge in [0.1, 0.15) is 15.2 Å². The number of benzene rings is 1. The molecule has 0 radical (unpaired) electrons. The molecule has 3 rings (SSSR count). The maximum absolute atomic E-state index is 12.4. The van der Waals surface area contributed by atoms with Crippen molar-refractivity contribution in [2.75, 3.05) is 11.5 Å². The normalized spacial score (nSPS) is 13.9. The molecule has 0 unspecified atom stereocenters. The van der Waals surface area contributed by atoms with Crippen LogP contribution in [-0.4, -0.2) is 29.5 Å². The molecule has 126 valence electrons. The second kappa shape index (κ2) is 6.08. The first kappa shape index (κ1) is 16.2. The number of nitrogens with zero attached hydrogens (tertiary/aromatic N) is 3. The van der Waals surface area contributed by atoms with Crippen molar-refractivity contribution in [3.8, 4) is 0 Å². The average Bonchev–Trinajstić information content (AvgIpc) is 2.85. The van der Waals surface area contributed by atoms with Crippen molar-refractivity contribution in [3.05, 3.63) is 46.4 Å². The number of H-pyrrole nitrogens is 1. The fourth-order valence-corrected chi connectivity index (χ4v) is 3.71. The summed E-state index contributed by atoms with van der Waals surface area (Å²) in [5, 5.41) is -0.129. The zero-order valence-corrected chi connectivity index (χ0v) is 14.0. The molecule has 0 spiro atoms. The minimum absolute atomic E-state index is 0.0231. The maximum atomic E-state index is 12.4. The number of aromatic nitrogens is 4. The molecule has 0 bridgehead atoms. The van der Waals surface area contributed by atoms with Gasteiger partial charge in [0, 0.05) is 5.75 Å². The molecule has 0 aliphatic rings. The predicted octanol–water partition coefficient (Wildman–Crippen LogP) is 1.57. The highest BCUT2D eigenvalue weighted by molar-refractivity contribution is 7.92. The van der Waals surface area contributed by atoms with Gasteiger partial charge in [-0.15, -0.1) is 0 Å². The Bertz CT molecular complexity index is 1040. The molecule has 0 aliphatic carbocycles. The SMILES string of the molecule is CCC[S@@](=N)(=O)c1nc(N)c2[nH]c(=O)n(Cc3ccccc3)c2n1. The topological polar surface area (TPSA) is 131 Å². The summed E-state index contributed by atoms with van der Waals surface area (Å²) < 4.78 is 21.8. The molecule has 4 N–H and O–H groups in total. The molecule has 2 aromatic heterocycles. The van der Waals surface area contributed by atoms with Crippen molar-refractivity contribution in [1.82, 2.24) is 19.5 Å². The van der Waals surface area contributed by atoms with Crippen LogP contribution >= 0.6 is 0 Å². The molecule has 0 aliphatic heterocycles. The Balaban J connectivity index is 2.18. The van der Waals surface area contributed by atoms with Crippen LogP contribution in [0.3, 0.4) is 0 Å². The van der Waals surface area contributed by atoms with Gasteiger partial charge in [0.15, 0.2) is 11.5 Å². The van der Waals surface area contributed by atoms with E-state index >= 15 is 0 Å². The van der Waals surface area contributed by atoms with E-state index in [2.05, 4.69) is 15.0 Å². The predicted molar refractivity (Wildman–Crippen MR) is 92.4 cm³/mol. The van der Waals surface area contributed by atoms with Gasteiger partial charge in [-0.05, 0) is 12.0 Å². The molecule has 0 saturated heterocycles. The van der Waals surface area contributed by atoms with Gasteiger partial charge in [-0.1, -0.05) is 37.3 Å². The summed E-state index contributed by atoms with van der Waals surface area (Å²) in [6.07, 6.45) is 0.563. The number of hydrogen-bond acceptors (Lipinski definition) is 6. The van der Waals surface area contributed by atoms with Gasteiger partial charge < -0.3 is 10.7 Å². The van der Waals surface area contributed by atoms with Gasteiger partial charge in [0.05, 0.1) is 6.54 Å². The van der Waals surface area contributed by atoms with Crippen LogP contribution in [0.25, 0.3) is 11.2 Å². The van der Waals surface area contributed by atoms with Gasteiger partial charge in [-0.3, -0.25) is 4.57 Å². The molecule has 9 heteroatoms. The van der Waals surface area contributed by atoms with Crippen LogP contribution in [0.4, 0.5) is 5.82 Å². The first-order chi connectivity index (χ1) is 11.4. The average molecular weight is 346 g/mol. The highest BCUT2D eigenvalue weighted by atomic mass is 32.2. The Morgan fingerprint density at radius 1 is 1.29 bits per heavy atom. The Labute approximate surface area is 138 Å². The minimum Gasteiger partial charge on any atom is -0.382 e. The molecule has 1 aromatic carbocycles. The third-order valence-corrected chi connectivity index (χ3v) is 5.36. The molecular weight excluding hydrogens is 328 g/mol. The van der Waals surface area contributed by atoms with Crippen LogP contribution in [0, 0.1) is 4.78 Å². The fraction of sp³-hybridized carbons (Fsp3) is 0.267. The van der Waals surface area contributed by atoms with Crippen molar-refractivity contribution >= 4 is 26.7 Å². The molecule has 8 nitrogen and oxygen atoms in total. The van der Waals surface area contributed by atoms with Crippen LogP contribution in [-0.2, 0) is 16.3 Å². The zero-order valence-electron chi connectivity index (χ0n) is 13.2. The quantitative estimate of drug-likeness (QED) is 0.604. The summed E-state index contributed by atoms with van der Waals surface area (Å²) in [6, 6.07) is 9.42. The number of hydrogen-bond donors (Lipinski definition) is 3. The largest absolute Gasteiger partial charge is 0.382 e. The summed E-state index contributed by atoms with van der Waals surface area (Å²) in [5.74, 6) is 0.167. The molecular formula is C15H18N6O2S. The number of rotatable bonds is 5. The third-order valence-electron chi connectivity index (χ3n) is 3.60. The lowest BCUT2D eigenvalue weighted by Crippen LogP contribution is -2.18. The monoisotopic (exact) mass is 346 g/mol. The standard InChI is InChI=1S/C15H18N6O2S/c1-2-8-24(17,23)14-19-12(16)11-13(20-14)21(15(22)18-11)9-10-6-4-3-5-7-10/h3-7,17H,2,8-9H2,1H3,(H,18,22)(H2,16,19,20)/t24-/m1/s1. The molecule has 0 amide bonds. The van der Waals surface area contributed by atoms with E-state index in [1.54, 1.807) is 0 Å². The van der Waals surface area contributed by atoms with Gasteiger partial charge in [-0.25, -0.2) is 18.8 Å². The van der Waals surface area contributed by atoms with E-state index in [1.165, 1.54) is 4.57 Å². The smallest absolute Gasteiger partial charge is 0.328 e. The summed E-state index contributed by atoms with van der Waals surface area (Å²) >= 11 is 0. The maximum Gasteiger partial charge on any atom is 0.328 e. The Hall–Kier alpha value is -2.68. The van der Waals surface area contributed by atoms with Crippen molar-refractivity contribution in [2.24, 2.45) is 0 Å². The van der Waals surface area contributed by atoms with Crippen LogP contribution in [0.15, 0.2) is 40.3 Å². The lowest BCUT2D eigenvalue weighted by atomic mass is 10.2. The van der Waals surface area contributed by atoms with Gasteiger partial charge in [0.25, 0.3) is 0 Å². The third kappa shape index (κ3) is 2.90. The summed E-state index contributed by atoms with van der Waals surface area (Å²) in [6.45, 7) is 2.13. The van der Waals surface area contributed by atoms with E-state index in [0.29, 0.717) is 18.5 Å². The highest BCUT2D eigenvalue weighted by Gasteiger charge is 2.19. The lowest BCUT2D eigenvalue weighted by Gasteiger charge is -2.07. The minimum atomic E-state index is -3.14. The summed E-state index contributed by atoms with van der Waals surface area (Å²) in [7, 11) is -3.14. The fourth-order valence-electron chi connectivity index (χ4n) is 2.47. The number of anilines is 1. The van der Waals surface area contributed by atoms with E-state index in [-0.39, 0.29) is 28.1 Å². The van der Waals surface area contributed by atoms with Crippen LogP contribution in [0.2, 0.25) is 0 Å². The molecule has 2 heterocycles. The molecule has 0 fully saturated rings. The van der Waals surface area contributed by atoms with E-state index in [9.17, 15) is 9.00 Å². The summed E-state index contributed by atoms with van der Waals surface area (Å²) in [5.41, 5.74) is 6.99. The van der Waals surface area contributed by atoms with E-state index < -0.39 is 9.73 Å². The van der Waals surface area contributed by atoms with Crippen molar-refractivity contribution in [2.45, 2.75) is 25.0 Å². The number of fused-ring (bicyclic) bond motifs is 1. The number of nitrogens with two attached hydrogens (primary N) is 1. The lowest BCUT2D eigenvalue weighted by molar-refractivity contribution is 0.665. The van der Waals surface area contributed by atoms with Gasteiger partial charge in [-0.2, -0.15) is 4.98 Å². The summed E-state index contributed by atoms with van der Waals surface area (Å²) in [4.78, 5) is 23.1. The van der Waals surface area contributed by atoms with Crippen molar-refractivity contribution in [3.63, 3.8) is 0 Å². The van der Waals surface area contributed by atoms with Crippen molar-refractivity contribution < 1.29 is 4.21 Å². The molecule has 1 atom stereocenters. The number of nitrogens with one attached hydrogen (secondary N) is 2. The van der Waals surface area contributed by atoms with E-state index in [0.717, 1.165) is 5.56 Å². The number of imidazole rings is 1. The van der Waals surface area contributed by atoms with Gasteiger partial charge in [0.2, 0.25) is 5.16 Å². The van der Waals surface area contributed by atoms with Gasteiger partial charge >= 0.3 is 5.69 Å². The molecule has 0 saturated carbocycles. The van der Waals surface area contributed by atoms with Crippen LogP contribution in [0.1, 0.15) is 18.9 Å². The first-order valence-corrected chi connectivity index (χ1v) is 9.21.